The molecule has 0 radical (unpaired) electrons. The SMILES string of the molecule is COC(=O)c1ccc(CNC(=O)N/C=C/c2cccc(Cl)c2)cc1. The molecular formula is C18H17ClN2O3. The van der Waals surface area contributed by atoms with Crippen molar-refractivity contribution in [3.05, 3.63) is 76.4 Å². The Balaban J connectivity index is 1.79. The molecule has 2 rings (SSSR count). The Morgan fingerprint density at radius 2 is 1.92 bits per heavy atom. The summed E-state index contributed by atoms with van der Waals surface area (Å²) in [6.07, 6.45) is 3.29. The van der Waals surface area contributed by atoms with E-state index >= 15 is 0 Å². The van der Waals surface area contributed by atoms with Crippen LogP contribution in [-0.4, -0.2) is 19.1 Å². The number of benzene rings is 2. The molecule has 2 amide bonds. The van der Waals surface area contributed by atoms with Gasteiger partial charge >= 0.3 is 12.0 Å². The number of amides is 2. The number of carbonyl (C=O) groups excluding carboxylic acids is 2. The van der Waals surface area contributed by atoms with Crippen LogP contribution in [0.2, 0.25) is 5.02 Å². The van der Waals surface area contributed by atoms with Gasteiger partial charge in [0.2, 0.25) is 0 Å². The lowest BCUT2D eigenvalue weighted by molar-refractivity contribution is 0.0600. The Morgan fingerprint density at radius 3 is 2.58 bits per heavy atom. The molecule has 0 bridgehead atoms. The summed E-state index contributed by atoms with van der Waals surface area (Å²) in [6.45, 7) is 0.346. The molecule has 2 N–H and O–H groups in total. The first-order chi connectivity index (χ1) is 11.6. The van der Waals surface area contributed by atoms with Gasteiger partial charge in [-0.3, -0.25) is 0 Å². The first-order valence-electron chi connectivity index (χ1n) is 7.22. The Kier molecular flexibility index (Phi) is 6.40. The highest BCUT2D eigenvalue weighted by atomic mass is 35.5. The molecule has 2 aromatic carbocycles. The van der Waals surface area contributed by atoms with E-state index in [1.165, 1.54) is 7.11 Å². The molecule has 0 aromatic heterocycles. The summed E-state index contributed by atoms with van der Waals surface area (Å²) in [5.74, 6) is -0.390. The van der Waals surface area contributed by atoms with Gasteiger partial charge in [-0.15, -0.1) is 0 Å². The monoisotopic (exact) mass is 344 g/mol. The summed E-state index contributed by atoms with van der Waals surface area (Å²) >= 11 is 5.88. The number of methoxy groups -OCH3 is 1. The highest BCUT2D eigenvalue weighted by Gasteiger charge is 2.04. The Hall–Kier alpha value is -2.79. The fraction of sp³-hybridized carbons (Fsp3) is 0.111. The maximum Gasteiger partial charge on any atom is 0.337 e. The molecule has 24 heavy (non-hydrogen) atoms. The summed E-state index contributed by atoms with van der Waals surface area (Å²) in [6, 6.07) is 13.8. The Morgan fingerprint density at radius 1 is 1.17 bits per heavy atom. The Bertz CT molecular complexity index is 742. The molecule has 0 aliphatic rings. The smallest absolute Gasteiger partial charge is 0.337 e. The maximum absolute atomic E-state index is 11.7. The molecule has 0 atom stereocenters. The third kappa shape index (κ3) is 5.44. The third-order valence-electron chi connectivity index (χ3n) is 3.17. The predicted octanol–water partition coefficient (Wildman–Crippen LogP) is 3.60. The second kappa shape index (κ2) is 8.74. The predicted molar refractivity (Wildman–Crippen MR) is 93.6 cm³/mol. The van der Waals surface area contributed by atoms with Gasteiger partial charge in [0.15, 0.2) is 0 Å². The number of ether oxygens (including phenoxy) is 1. The maximum atomic E-state index is 11.7. The summed E-state index contributed by atoms with van der Waals surface area (Å²) in [5.41, 5.74) is 2.23. The minimum Gasteiger partial charge on any atom is -0.465 e. The van der Waals surface area contributed by atoms with Crippen molar-refractivity contribution < 1.29 is 14.3 Å². The highest BCUT2D eigenvalue weighted by molar-refractivity contribution is 6.30. The van der Waals surface area contributed by atoms with E-state index in [1.54, 1.807) is 48.7 Å². The second-order valence-electron chi connectivity index (χ2n) is 4.90. The number of carbonyl (C=O) groups is 2. The topological polar surface area (TPSA) is 67.4 Å². The summed E-state index contributed by atoms with van der Waals surface area (Å²) in [7, 11) is 1.33. The second-order valence-corrected chi connectivity index (χ2v) is 5.34. The molecule has 0 aliphatic carbocycles. The first-order valence-corrected chi connectivity index (χ1v) is 7.60. The van der Waals surface area contributed by atoms with Crippen molar-refractivity contribution in [3.63, 3.8) is 0 Å². The molecule has 0 spiro atoms. The van der Waals surface area contributed by atoms with Gasteiger partial charge in [0.25, 0.3) is 0 Å². The number of esters is 1. The van der Waals surface area contributed by atoms with Gasteiger partial charge < -0.3 is 15.4 Å². The van der Waals surface area contributed by atoms with Gasteiger partial charge in [0, 0.05) is 17.8 Å². The zero-order chi connectivity index (χ0) is 17.4. The number of urea groups is 1. The molecule has 2 aromatic rings. The van der Waals surface area contributed by atoms with Crippen LogP contribution in [0.1, 0.15) is 21.5 Å². The van der Waals surface area contributed by atoms with Crippen molar-refractivity contribution in [1.29, 1.82) is 0 Å². The van der Waals surface area contributed by atoms with Crippen molar-refractivity contribution >= 4 is 29.7 Å². The number of nitrogens with one attached hydrogen (secondary N) is 2. The zero-order valence-corrected chi connectivity index (χ0v) is 13.8. The number of hydrogen-bond donors (Lipinski definition) is 2. The van der Waals surface area contributed by atoms with Crippen LogP contribution < -0.4 is 10.6 Å². The lowest BCUT2D eigenvalue weighted by Gasteiger charge is -2.06. The fourth-order valence-electron chi connectivity index (χ4n) is 1.93. The first kappa shape index (κ1) is 17.6. The minimum absolute atomic E-state index is 0.328. The quantitative estimate of drug-likeness (QED) is 0.814. The van der Waals surface area contributed by atoms with Crippen LogP contribution >= 0.6 is 11.6 Å². The highest BCUT2D eigenvalue weighted by Crippen LogP contribution is 2.11. The van der Waals surface area contributed by atoms with Crippen LogP contribution in [0.5, 0.6) is 0 Å². The Labute approximate surface area is 145 Å². The van der Waals surface area contributed by atoms with Crippen molar-refractivity contribution in [2.75, 3.05) is 7.11 Å². The fourth-order valence-corrected chi connectivity index (χ4v) is 2.13. The van der Waals surface area contributed by atoms with Crippen LogP contribution in [0.25, 0.3) is 6.08 Å². The van der Waals surface area contributed by atoms with Crippen LogP contribution in [0.15, 0.2) is 54.7 Å². The van der Waals surface area contributed by atoms with E-state index in [9.17, 15) is 9.59 Å². The molecule has 0 heterocycles. The van der Waals surface area contributed by atoms with Gasteiger partial charge in [-0.25, -0.2) is 9.59 Å². The molecule has 0 saturated carbocycles. The third-order valence-corrected chi connectivity index (χ3v) is 3.40. The van der Waals surface area contributed by atoms with E-state index < -0.39 is 5.97 Å². The van der Waals surface area contributed by atoms with Gasteiger partial charge in [-0.1, -0.05) is 35.9 Å². The molecule has 0 saturated heterocycles. The van der Waals surface area contributed by atoms with E-state index in [4.69, 9.17) is 11.6 Å². The van der Waals surface area contributed by atoms with E-state index in [2.05, 4.69) is 15.4 Å². The van der Waals surface area contributed by atoms with E-state index in [-0.39, 0.29) is 6.03 Å². The lowest BCUT2D eigenvalue weighted by atomic mass is 10.1. The van der Waals surface area contributed by atoms with Crippen LogP contribution in [0.3, 0.4) is 0 Å². The van der Waals surface area contributed by atoms with E-state index in [0.717, 1.165) is 11.1 Å². The summed E-state index contributed by atoms with van der Waals surface area (Å²) in [5, 5.41) is 5.96. The normalized spacial score (nSPS) is 10.4. The summed E-state index contributed by atoms with van der Waals surface area (Å²) in [4.78, 5) is 23.1. The van der Waals surface area contributed by atoms with Crippen molar-refractivity contribution in [1.82, 2.24) is 10.6 Å². The number of halogens is 1. The lowest BCUT2D eigenvalue weighted by Crippen LogP contribution is -2.31. The minimum atomic E-state index is -0.390. The van der Waals surface area contributed by atoms with Gasteiger partial charge in [-0.05, 0) is 41.5 Å². The molecule has 0 fully saturated rings. The van der Waals surface area contributed by atoms with Crippen molar-refractivity contribution in [3.8, 4) is 0 Å². The standard InChI is InChI=1S/C18H17ClN2O3/c1-24-17(22)15-7-5-14(6-8-15)12-21-18(23)20-10-9-13-3-2-4-16(19)11-13/h2-11H,12H2,1H3,(H2,20,21,23)/b10-9+. The van der Waals surface area contributed by atoms with Crippen molar-refractivity contribution in [2.45, 2.75) is 6.54 Å². The molecule has 0 aliphatic heterocycles. The van der Waals surface area contributed by atoms with Gasteiger partial charge in [-0.2, -0.15) is 0 Å². The molecule has 0 unspecified atom stereocenters. The molecular weight excluding hydrogens is 328 g/mol. The number of rotatable bonds is 5. The van der Waals surface area contributed by atoms with Crippen molar-refractivity contribution in [2.24, 2.45) is 0 Å². The number of hydrogen-bond acceptors (Lipinski definition) is 3. The summed E-state index contributed by atoms with van der Waals surface area (Å²) < 4.78 is 4.63. The van der Waals surface area contributed by atoms with E-state index in [1.807, 2.05) is 12.1 Å². The zero-order valence-electron chi connectivity index (χ0n) is 13.1. The molecule has 6 heteroatoms. The largest absolute Gasteiger partial charge is 0.465 e. The van der Waals surface area contributed by atoms with Crippen LogP contribution in [0.4, 0.5) is 4.79 Å². The molecule has 124 valence electrons. The molecule has 5 nitrogen and oxygen atoms in total. The van der Waals surface area contributed by atoms with E-state index in [0.29, 0.717) is 17.1 Å². The van der Waals surface area contributed by atoms with Crippen LogP contribution in [0, 0.1) is 0 Å². The van der Waals surface area contributed by atoms with Crippen LogP contribution in [-0.2, 0) is 11.3 Å². The van der Waals surface area contributed by atoms with Gasteiger partial charge in [0.05, 0.1) is 12.7 Å². The van der Waals surface area contributed by atoms with Gasteiger partial charge in [0.1, 0.15) is 0 Å². The average Bonchev–Trinajstić information content (AvgIpc) is 2.60. The average molecular weight is 345 g/mol.